The summed E-state index contributed by atoms with van der Waals surface area (Å²) >= 11 is 0. The van der Waals surface area contributed by atoms with Crippen LogP contribution < -0.4 is 5.32 Å². The highest BCUT2D eigenvalue weighted by Gasteiger charge is 2.08. The lowest BCUT2D eigenvalue weighted by atomic mass is 10.2. The highest BCUT2D eigenvalue weighted by molar-refractivity contribution is 7.91. The summed E-state index contributed by atoms with van der Waals surface area (Å²) < 4.78 is 22.6. The van der Waals surface area contributed by atoms with Crippen molar-refractivity contribution in [1.82, 2.24) is 10.2 Å². The van der Waals surface area contributed by atoms with Crippen molar-refractivity contribution in [3.05, 3.63) is 0 Å². The fourth-order valence-corrected chi connectivity index (χ4v) is 2.09. The molecule has 0 saturated carbocycles. The molecule has 0 atom stereocenters. The third-order valence-electron chi connectivity index (χ3n) is 2.45. The molecular weight excluding hydrogens is 224 g/mol. The smallest absolute Gasteiger partial charge is 0.151 e. The first-order valence-electron chi connectivity index (χ1n) is 5.97. The molecule has 0 spiro atoms. The van der Waals surface area contributed by atoms with Crippen LogP contribution in [-0.2, 0) is 9.84 Å². The predicted octanol–water partition coefficient (Wildman–Crippen LogP) is 0.599. The van der Waals surface area contributed by atoms with Gasteiger partial charge in [0.1, 0.15) is 0 Å². The van der Waals surface area contributed by atoms with E-state index >= 15 is 0 Å². The van der Waals surface area contributed by atoms with E-state index < -0.39 is 9.84 Å². The Morgan fingerprint density at radius 1 is 1.25 bits per heavy atom. The maximum atomic E-state index is 11.3. The van der Waals surface area contributed by atoms with Crippen LogP contribution in [0.15, 0.2) is 0 Å². The summed E-state index contributed by atoms with van der Waals surface area (Å²) in [5, 5.41) is 3.34. The standard InChI is InChI=1S/C11H26N2O2S/c1-5-16(14,15)9-8-13(4)7-6-12-10-11(2)3/h11-12H,5-10H2,1-4H3. The van der Waals surface area contributed by atoms with E-state index in [9.17, 15) is 8.42 Å². The Hall–Kier alpha value is -0.130. The van der Waals surface area contributed by atoms with Crippen LogP contribution in [0.5, 0.6) is 0 Å². The minimum atomic E-state index is -2.82. The Balaban J connectivity index is 3.56. The third-order valence-corrected chi connectivity index (χ3v) is 4.13. The topological polar surface area (TPSA) is 49.4 Å². The molecule has 0 heterocycles. The first kappa shape index (κ1) is 15.9. The zero-order valence-electron chi connectivity index (χ0n) is 11.0. The molecule has 0 unspecified atom stereocenters. The Kier molecular flexibility index (Phi) is 7.97. The first-order chi connectivity index (χ1) is 7.37. The average molecular weight is 250 g/mol. The summed E-state index contributed by atoms with van der Waals surface area (Å²) in [7, 11) is -0.860. The van der Waals surface area contributed by atoms with Crippen molar-refractivity contribution in [3.63, 3.8) is 0 Å². The molecule has 0 aliphatic rings. The van der Waals surface area contributed by atoms with Crippen molar-refractivity contribution < 1.29 is 8.42 Å². The second kappa shape index (κ2) is 8.03. The molecule has 0 aliphatic heterocycles. The van der Waals surface area contributed by atoms with E-state index in [1.165, 1.54) is 0 Å². The van der Waals surface area contributed by atoms with Gasteiger partial charge in [-0.15, -0.1) is 0 Å². The lowest BCUT2D eigenvalue weighted by molar-refractivity contribution is 0.346. The molecule has 0 rings (SSSR count). The molecule has 0 amide bonds. The first-order valence-corrected chi connectivity index (χ1v) is 7.79. The second-order valence-electron chi connectivity index (χ2n) is 4.64. The van der Waals surface area contributed by atoms with Crippen LogP contribution in [0.1, 0.15) is 20.8 Å². The van der Waals surface area contributed by atoms with Gasteiger partial charge in [0.2, 0.25) is 0 Å². The van der Waals surface area contributed by atoms with Gasteiger partial charge in [-0.1, -0.05) is 20.8 Å². The van der Waals surface area contributed by atoms with E-state index in [0.29, 0.717) is 12.5 Å². The number of rotatable bonds is 9. The minimum absolute atomic E-state index is 0.242. The van der Waals surface area contributed by atoms with Crippen molar-refractivity contribution in [2.24, 2.45) is 5.92 Å². The van der Waals surface area contributed by atoms with Gasteiger partial charge in [0.25, 0.3) is 0 Å². The molecule has 1 N–H and O–H groups in total. The zero-order valence-corrected chi connectivity index (χ0v) is 11.8. The summed E-state index contributed by atoms with van der Waals surface area (Å²) in [4.78, 5) is 2.06. The number of likely N-dealkylation sites (N-methyl/N-ethyl adjacent to an activating group) is 1. The van der Waals surface area contributed by atoms with Crippen LogP contribution in [0, 0.1) is 5.92 Å². The molecule has 0 bridgehead atoms. The van der Waals surface area contributed by atoms with Gasteiger partial charge < -0.3 is 10.2 Å². The van der Waals surface area contributed by atoms with E-state index in [-0.39, 0.29) is 11.5 Å². The minimum Gasteiger partial charge on any atom is -0.315 e. The van der Waals surface area contributed by atoms with Crippen LogP contribution in [0.4, 0.5) is 0 Å². The highest BCUT2D eigenvalue weighted by Crippen LogP contribution is 1.92. The summed E-state index contributed by atoms with van der Waals surface area (Å²) in [6.45, 7) is 9.49. The molecule has 0 aromatic carbocycles. The highest BCUT2D eigenvalue weighted by atomic mass is 32.2. The molecular formula is C11H26N2O2S. The van der Waals surface area contributed by atoms with Crippen molar-refractivity contribution in [1.29, 1.82) is 0 Å². The number of sulfone groups is 1. The van der Waals surface area contributed by atoms with Gasteiger partial charge in [0.05, 0.1) is 5.75 Å². The maximum absolute atomic E-state index is 11.3. The van der Waals surface area contributed by atoms with Gasteiger partial charge in [-0.05, 0) is 19.5 Å². The molecule has 0 radical (unpaired) electrons. The molecule has 0 fully saturated rings. The van der Waals surface area contributed by atoms with Crippen molar-refractivity contribution in [2.45, 2.75) is 20.8 Å². The van der Waals surface area contributed by atoms with Crippen LogP contribution in [0.2, 0.25) is 0 Å². The maximum Gasteiger partial charge on any atom is 0.151 e. The van der Waals surface area contributed by atoms with Crippen LogP contribution in [-0.4, -0.2) is 58.1 Å². The predicted molar refractivity (Wildman–Crippen MR) is 69.5 cm³/mol. The number of nitrogens with zero attached hydrogens (tertiary/aromatic N) is 1. The Bertz CT molecular complexity index is 263. The van der Waals surface area contributed by atoms with E-state index in [0.717, 1.165) is 19.6 Å². The van der Waals surface area contributed by atoms with E-state index in [1.807, 2.05) is 7.05 Å². The molecule has 4 nitrogen and oxygen atoms in total. The van der Waals surface area contributed by atoms with Gasteiger partial charge in [-0.25, -0.2) is 8.42 Å². The van der Waals surface area contributed by atoms with Gasteiger partial charge in [-0.2, -0.15) is 0 Å². The van der Waals surface area contributed by atoms with Crippen molar-refractivity contribution in [3.8, 4) is 0 Å². The molecule has 0 aliphatic carbocycles. The van der Waals surface area contributed by atoms with Crippen LogP contribution >= 0.6 is 0 Å². The normalized spacial score (nSPS) is 12.6. The summed E-state index contributed by atoms with van der Waals surface area (Å²) in [6, 6.07) is 0. The number of nitrogens with one attached hydrogen (secondary N) is 1. The van der Waals surface area contributed by atoms with Crippen LogP contribution in [0.3, 0.4) is 0 Å². The summed E-state index contributed by atoms with van der Waals surface area (Å²) in [5.41, 5.74) is 0. The van der Waals surface area contributed by atoms with E-state index in [2.05, 4.69) is 24.1 Å². The van der Waals surface area contributed by atoms with Gasteiger partial charge in [0.15, 0.2) is 9.84 Å². The van der Waals surface area contributed by atoms with Gasteiger partial charge >= 0.3 is 0 Å². The SMILES string of the molecule is CCS(=O)(=O)CCN(C)CCNCC(C)C. The largest absolute Gasteiger partial charge is 0.315 e. The number of hydrogen-bond donors (Lipinski definition) is 1. The Morgan fingerprint density at radius 3 is 2.38 bits per heavy atom. The van der Waals surface area contributed by atoms with Gasteiger partial charge in [0, 0.05) is 25.4 Å². The number of hydrogen-bond acceptors (Lipinski definition) is 4. The van der Waals surface area contributed by atoms with Crippen molar-refractivity contribution >= 4 is 9.84 Å². The Labute approximate surface area is 100 Å². The lowest BCUT2D eigenvalue weighted by Gasteiger charge is -2.17. The molecule has 0 aromatic heterocycles. The lowest BCUT2D eigenvalue weighted by Crippen LogP contribution is -2.34. The molecule has 16 heavy (non-hydrogen) atoms. The quantitative estimate of drug-likeness (QED) is 0.609. The van der Waals surface area contributed by atoms with Crippen molar-refractivity contribution in [2.75, 3.05) is 44.7 Å². The summed E-state index contributed by atoms with van der Waals surface area (Å²) in [5.74, 6) is 1.17. The summed E-state index contributed by atoms with van der Waals surface area (Å²) in [6.07, 6.45) is 0. The molecule has 0 saturated heterocycles. The van der Waals surface area contributed by atoms with Gasteiger partial charge in [-0.3, -0.25) is 0 Å². The second-order valence-corrected chi connectivity index (χ2v) is 7.11. The fraction of sp³-hybridized carbons (Fsp3) is 1.00. The molecule has 98 valence electrons. The zero-order chi connectivity index (χ0) is 12.6. The third kappa shape index (κ3) is 9.12. The molecule has 0 aromatic rings. The van der Waals surface area contributed by atoms with E-state index in [4.69, 9.17) is 0 Å². The van der Waals surface area contributed by atoms with Crippen LogP contribution in [0.25, 0.3) is 0 Å². The van der Waals surface area contributed by atoms with E-state index in [1.54, 1.807) is 6.92 Å². The average Bonchev–Trinajstić information content (AvgIpc) is 2.21. The molecule has 5 heteroatoms. The Morgan fingerprint density at radius 2 is 1.88 bits per heavy atom. The fourth-order valence-electron chi connectivity index (χ4n) is 1.21. The monoisotopic (exact) mass is 250 g/mol.